The monoisotopic (exact) mass is 382 g/mol. The summed E-state index contributed by atoms with van der Waals surface area (Å²) >= 11 is 3.37. The van der Waals surface area contributed by atoms with Gasteiger partial charge in [-0.3, -0.25) is 9.79 Å². The average Bonchev–Trinajstić information content (AvgIpc) is 2.55. The van der Waals surface area contributed by atoms with Gasteiger partial charge in [0.05, 0.1) is 0 Å². The highest BCUT2D eigenvalue weighted by atomic mass is 79.9. The second kappa shape index (κ2) is 11.0. The summed E-state index contributed by atoms with van der Waals surface area (Å²) in [5.41, 5.74) is 0.669. The third-order valence-electron chi connectivity index (χ3n) is 3.43. The van der Waals surface area contributed by atoms with Crippen LogP contribution >= 0.6 is 15.9 Å². The molecule has 0 unspecified atom stereocenters. The van der Waals surface area contributed by atoms with E-state index in [0.29, 0.717) is 12.1 Å². The van der Waals surface area contributed by atoms with Crippen LogP contribution in [0.15, 0.2) is 33.7 Å². The number of guanidine groups is 1. The number of unbranched alkanes of at least 4 members (excludes halogenated alkanes) is 1. The van der Waals surface area contributed by atoms with E-state index in [4.69, 9.17) is 0 Å². The molecule has 0 heterocycles. The van der Waals surface area contributed by atoms with E-state index in [1.807, 2.05) is 31.3 Å². The molecular weight excluding hydrogens is 356 g/mol. The fourth-order valence-electron chi connectivity index (χ4n) is 2.11. The van der Waals surface area contributed by atoms with Crippen molar-refractivity contribution in [1.82, 2.24) is 15.5 Å². The molecule has 0 spiro atoms. The Hall–Kier alpha value is -1.56. The van der Waals surface area contributed by atoms with E-state index in [-0.39, 0.29) is 5.91 Å². The van der Waals surface area contributed by atoms with Crippen molar-refractivity contribution in [2.75, 3.05) is 33.7 Å². The van der Waals surface area contributed by atoms with Crippen LogP contribution in [-0.2, 0) is 0 Å². The maximum atomic E-state index is 12.0. The molecule has 0 aromatic heterocycles. The summed E-state index contributed by atoms with van der Waals surface area (Å²) < 4.78 is 0.908. The van der Waals surface area contributed by atoms with Gasteiger partial charge in [0.15, 0.2) is 5.96 Å². The predicted molar refractivity (Wildman–Crippen MR) is 100.0 cm³/mol. The van der Waals surface area contributed by atoms with Gasteiger partial charge in [-0.1, -0.05) is 35.3 Å². The Kier molecular flexibility index (Phi) is 9.36. The molecule has 128 valence electrons. The van der Waals surface area contributed by atoms with E-state index in [1.165, 1.54) is 6.42 Å². The molecular formula is C17H27BrN4O. The molecule has 1 amide bonds. The number of rotatable bonds is 8. The molecule has 0 aliphatic rings. The normalized spacial score (nSPS) is 11.2. The predicted octanol–water partition coefficient (Wildman–Crippen LogP) is 2.88. The molecule has 0 radical (unpaired) electrons. The van der Waals surface area contributed by atoms with Gasteiger partial charge < -0.3 is 15.5 Å². The first-order valence-corrected chi connectivity index (χ1v) is 8.83. The zero-order chi connectivity index (χ0) is 17.1. The molecule has 6 heteroatoms. The van der Waals surface area contributed by atoms with Gasteiger partial charge in [-0.25, -0.2) is 0 Å². The van der Waals surface area contributed by atoms with Gasteiger partial charge in [-0.2, -0.15) is 0 Å². The van der Waals surface area contributed by atoms with Crippen molar-refractivity contribution in [3.8, 4) is 0 Å². The molecule has 0 saturated carbocycles. The summed E-state index contributed by atoms with van der Waals surface area (Å²) in [7, 11) is 3.83. The molecule has 1 rings (SSSR count). The average molecular weight is 383 g/mol. The lowest BCUT2D eigenvalue weighted by Gasteiger charge is -2.21. The van der Waals surface area contributed by atoms with Gasteiger partial charge >= 0.3 is 0 Å². The minimum absolute atomic E-state index is 0.0456. The first-order valence-electron chi connectivity index (χ1n) is 8.04. The minimum Gasteiger partial charge on any atom is -0.356 e. The van der Waals surface area contributed by atoms with Crippen LogP contribution in [0.5, 0.6) is 0 Å². The van der Waals surface area contributed by atoms with Gasteiger partial charge in [0, 0.05) is 43.8 Å². The summed E-state index contributed by atoms with van der Waals surface area (Å²) in [4.78, 5) is 18.4. The molecule has 0 fully saturated rings. The van der Waals surface area contributed by atoms with Crippen molar-refractivity contribution >= 4 is 27.8 Å². The lowest BCUT2D eigenvalue weighted by atomic mass is 10.2. The number of aliphatic imine (C=N–C) groups is 1. The Morgan fingerprint density at radius 2 is 2.00 bits per heavy atom. The summed E-state index contributed by atoms with van der Waals surface area (Å²) in [5.74, 6) is 0.854. The second-order valence-electron chi connectivity index (χ2n) is 5.37. The molecule has 0 aliphatic heterocycles. The SMILES string of the molecule is CCCCN(C)C(=NC)NCCCNC(=O)c1cccc(Br)c1. The number of hydrogen-bond acceptors (Lipinski definition) is 2. The van der Waals surface area contributed by atoms with E-state index in [2.05, 4.69) is 43.4 Å². The molecule has 0 aliphatic carbocycles. The largest absolute Gasteiger partial charge is 0.356 e. The molecule has 0 bridgehead atoms. The standard InChI is InChI=1S/C17H27BrN4O/c1-4-5-12-22(3)17(19-2)21-11-7-10-20-16(23)14-8-6-9-15(18)13-14/h6,8-9,13H,4-5,7,10-12H2,1-3H3,(H,19,21)(H,20,23). The number of amides is 1. The molecule has 1 aromatic carbocycles. The Labute approximate surface area is 147 Å². The Morgan fingerprint density at radius 1 is 1.26 bits per heavy atom. The van der Waals surface area contributed by atoms with Crippen LogP contribution in [0.2, 0.25) is 0 Å². The minimum atomic E-state index is -0.0456. The van der Waals surface area contributed by atoms with Gasteiger partial charge in [-0.15, -0.1) is 0 Å². The van der Waals surface area contributed by atoms with Gasteiger partial charge in [0.1, 0.15) is 0 Å². The molecule has 2 N–H and O–H groups in total. The number of halogens is 1. The van der Waals surface area contributed by atoms with E-state index < -0.39 is 0 Å². The summed E-state index contributed by atoms with van der Waals surface area (Å²) in [6.07, 6.45) is 3.17. The maximum absolute atomic E-state index is 12.0. The zero-order valence-electron chi connectivity index (χ0n) is 14.2. The van der Waals surface area contributed by atoms with E-state index in [9.17, 15) is 4.79 Å². The summed E-state index contributed by atoms with van der Waals surface area (Å²) in [6, 6.07) is 7.39. The zero-order valence-corrected chi connectivity index (χ0v) is 15.8. The van der Waals surface area contributed by atoms with Crippen LogP contribution in [0.3, 0.4) is 0 Å². The van der Waals surface area contributed by atoms with Gasteiger partial charge in [-0.05, 0) is 31.0 Å². The van der Waals surface area contributed by atoms with E-state index in [1.54, 1.807) is 7.05 Å². The summed E-state index contributed by atoms with van der Waals surface area (Å²) in [5, 5.41) is 6.25. The molecule has 5 nitrogen and oxygen atoms in total. The third-order valence-corrected chi connectivity index (χ3v) is 3.92. The molecule has 23 heavy (non-hydrogen) atoms. The third kappa shape index (κ3) is 7.50. The van der Waals surface area contributed by atoms with Gasteiger partial charge in [0.2, 0.25) is 0 Å². The fraction of sp³-hybridized carbons (Fsp3) is 0.529. The van der Waals surface area contributed by atoms with Crippen molar-refractivity contribution in [2.45, 2.75) is 26.2 Å². The smallest absolute Gasteiger partial charge is 0.251 e. The van der Waals surface area contributed by atoms with Crippen molar-refractivity contribution < 1.29 is 4.79 Å². The van der Waals surface area contributed by atoms with Crippen LogP contribution in [0.25, 0.3) is 0 Å². The fourth-order valence-corrected chi connectivity index (χ4v) is 2.51. The number of nitrogens with zero attached hydrogens (tertiary/aromatic N) is 2. The number of benzene rings is 1. The summed E-state index contributed by atoms with van der Waals surface area (Å²) in [6.45, 7) is 4.59. The number of hydrogen-bond donors (Lipinski definition) is 2. The first kappa shape index (κ1) is 19.5. The van der Waals surface area contributed by atoms with Crippen molar-refractivity contribution in [1.29, 1.82) is 0 Å². The highest BCUT2D eigenvalue weighted by molar-refractivity contribution is 9.10. The second-order valence-corrected chi connectivity index (χ2v) is 6.28. The van der Waals surface area contributed by atoms with E-state index in [0.717, 1.165) is 36.4 Å². The first-order chi connectivity index (χ1) is 11.1. The number of carbonyl (C=O) groups excluding carboxylic acids is 1. The van der Waals surface area contributed by atoms with Crippen LogP contribution in [0, 0.1) is 0 Å². The van der Waals surface area contributed by atoms with Crippen LogP contribution in [-0.4, -0.2) is 50.5 Å². The Balaban J connectivity index is 2.25. The van der Waals surface area contributed by atoms with Crippen LogP contribution < -0.4 is 10.6 Å². The highest BCUT2D eigenvalue weighted by Crippen LogP contribution is 2.11. The topological polar surface area (TPSA) is 56.7 Å². The Morgan fingerprint density at radius 3 is 2.65 bits per heavy atom. The number of carbonyl (C=O) groups is 1. The quantitative estimate of drug-likeness (QED) is 0.412. The lowest BCUT2D eigenvalue weighted by molar-refractivity contribution is 0.0953. The van der Waals surface area contributed by atoms with Crippen molar-refractivity contribution in [3.05, 3.63) is 34.3 Å². The highest BCUT2D eigenvalue weighted by Gasteiger charge is 2.06. The van der Waals surface area contributed by atoms with Crippen LogP contribution in [0.4, 0.5) is 0 Å². The molecule has 0 saturated heterocycles. The number of nitrogens with one attached hydrogen (secondary N) is 2. The maximum Gasteiger partial charge on any atom is 0.251 e. The molecule has 0 atom stereocenters. The van der Waals surface area contributed by atoms with Crippen LogP contribution in [0.1, 0.15) is 36.5 Å². The van der Waals surface area contributed by atoms with Crippen molar-refractivity contribution in [2.24, 2.45) is 4.99 Å². The Bertz CT molecular complexity index is 519. The lowest BCUT2D eigenvalue weighted by Crippen LogP contribution is -2.40. The van der Waals surface area contributed by atoms with Gasteiger partial charge in [0.25, 0.3) is 5.91 Å². The van der Waals surface area contributed by atoms with E-state index >= 15 is 0 Å². The molecule has 1 aromatic rings. The van der Waals surface area contributed by atoms with Crippen molar-refractivity contribution in [3.63, 3.8) is 0 Å².